The first-order valence-electron chi connectivity index (χ1n) is 8.38. The van der Waals surface area contributed by atoms with Gasteiger partial charge in [-0.15, -0.1) is 0 Å². The van der Waals surface area contributed by atoms with Crippen molar-refractivity contribution in [3.8, 4) is 11.1 Å². The third kappa shape index (κ3) is 5.59. The van der Waals surface area contributed by atoms with Crippen LogP contribution in [0.3, 0.4) is 0 Å². The van der Waals surface area contributed by atoms with Crippen molar-refractivity contribution in [1.82, 2.24) is 0 Å². The highest BCUT2D eigenvalue weighted by atomic mass is 79.9. The Kier molecular flexibility index (Phi) is 7.02. The summed E-state index contributed by atoms with van der Waals surface area (Å²) < 4.78 is 5.74. The number of carbonyl (C=O) groups excluding carboxylic acids is 1. The summed E-state index contributed by atoms with van der Waals surface area (Å²) in [5.41, 5.74) is 17.8. The fourth-order valence-corrected chi connectivity index (χ4v) is 2.86. The number of aryl methyl sites for hydroxylation is 2. The molecule has 140 valence electrons. The fourth-order valence-electron chi connectivity index (χ4n) is 2.46. The van der Waals surface area contributed by atoms with Gasteiger partial charge in [-0.2, -0.15) is 0 Å². The first kappa shape index (κ1) is 20.5. The third-order valence-electron chi connectivity index (χ3n) is 4.07. The van der Waals surface area contributed by atoms with Crippen molar-refractivity contribution in [2.75, 3.05) is 18.6 Å². The van der Waals surface area contributed by atoms with Gasteiger partial charge in [0.25, 0.3) is 0 Å². The monoisotopic (exact) mass is 426 g/mol. The average Bonchev–Trinajstić information content (AvgIpc) is 2.67. The number of hydrogen-bond donors (Lipinski definition) is 2. The number of rotatable bonds is 2. The minimum atomic E-state index is -0.328. The number of ether oxygens (including phenoxy) is 1. The largest absolute Gasteiger partial charge is 0.465 e. The van der Waals surface area contributed by atoms with Crippen molar-refractivity contribution in [2.24, 2.45) is 0 Å². The molecule has 0 aliphatic heterocycles. The Balaban J connectivity index is 0.000000244. The van der Waals surface area contributed by atoms with Gasteiger partial charge in [0.2, 0.25) is 0 Å². The zero-order valence-corrected chi connectivity index (χ0v) is 17.2. The van der Waals surface area contributed by atoms with E-state index in [4.69, 9.17) is 11.5 Å². The van der Waals surface area contributed by atoms with E-state index < -0.39 is 0 Å². The van der Waals surface area contributed by atoms with Crippen LogP contribution in [0.2, 0.25) is 0 Å². The molecule has 0 spiro atoms. The van der Waals surface area contributed by atoms with Gasteiger partial charge in [0, 0.05) is 15.8 Å². The maximum absolute atomic E-state index is 11.3. The number of hydrogen-bond acceptors (Lipinski definition) is 4. The molecule has 0 atom stereocenters. The molecular formula is C22H23BrN2O2. The van der Waals surface area contributed by atoms with Crippen LogP contribution in [0.4, 0.5) is 11.4 Å². The Bertz CT molecular complexity index is 938. The standard InChI is InChI=1S/C15H15NO2.C7H8BrN/c1-10-3-8-13(16)9-14(10)11-4-6-12(7-5-11)15(17)18-2;1-5-2-3-6(9)4-7(5)8/h3-9H,16H2,1-2H3;2-4H,9H2,1H3. The van der Waals surface area contributed by atoms with E-state index in [2.05, 4.69) is 20.7 Å². The van der Waals surface area contributed by atoms with Crippen LogP contribution in [0, 0.1) is 13.8 Å². The van der Waals surface area contributed by atoms with E-state index in [1.54, 1.807) is 12.1 Å². The van der Waals surface area contributed by atoms with Crippen molar-refractivity contribution in [3.05, 3.63) is 81.8 Å². The minimum Gasteiger partial charge on any atom is -0.465 e. The van der Waals surface area contributed by atoms with Crippen LogP contribution in [0.25, 0.3) is 11.1 Å². The summed E-state index contributed by atoms with van der Waals surface area (Å²) >= 11 is 3.37. The van der Waals surface area contributed by atoms with Crippen LogP contribution in [0.1, 0.15) is 21.5 Å². The van der Waals surface area contributed by atoms with E-state index in [1.165, 1.54) is 12.7 Å². The molecular weight excluding hydrogens is 404 g/mol. The molecule has 0 radical (unpaired) electrons. The normalized spacial score (nSPS) is 9.93. The Morgan fingerprint density at radius 2 is 1.41 bits per heavy atom. The van der Waals surface area contributed by atoms with Gasteiger partial charge >= 0.3 is 5.97 Å². The van der Waals surface area contributed by atoms with Crippen LogP contribution in [-0.4, -0.2) is 13.1 Å². The molecule has 0 amide bonds. The second-order valence-corrected chi connectivity index (χ2v) is 7.01. The first-order valence-corrected chi connectivity index (χ1v) is 9.17. The van der Waals surface area contributed by atoms with Gasteiger partial charge in [0.05, 0.1) is 12.7 Å². The number of methoxy groups -OCH3 is 1. The summed E-state index contributed by atoms with van der Waals surface area (Å²) in [4.78, 5) is 11.3. The molecule has 0 saturated carbocycles. The lowest BCUT2D eigenvalue weighted by molar-refractivity contribution is 0.0601. The molecule has 0 fully saturated rings. The second-order valence-electron chi connectivity index (χ2n) is 6.15. The molecule has 3 aromatic rings. The second kappa shape index (κ2) is 9.24. The summed E-state index contributed by atoms with van der Waals surface area (Å²) in [6, 6.07) is 18.9. The van der Waals surface area contributed by atoms with Crippen molar-refractivity contribution in [3.63, 3.8) is 0 Å². The summed E-state index contributed by atoms with van der Waals surface area (Å²) in [6.07, 6.45) is 0. The van der Waals surface area contributed by atoms with Gasteiger partial charge in [0.15, 0.2) is 0 Å². The lowest BCUT2D eigenvalue weighted by Gasteiger charge is -2.08. The Morgan fingerprint density at radius 1 is 0.852 bits per heavy atom. The average molecular weight is 427 g/mol. The molecule has 3 rings (SSSR count). The lowest BCUT2D eigenvalue weighted by Crippen LogP contribution is -2.00. The summed E-state index contributed by atoms with van der Waals surface area (Å²) in [6.45, 7) is 4.06. The van der Waals surface area contributed by atoms with Gasteiger partial charge in [-0.25, -0.2) is 4.79 Å². The van der Waals surface area contributed by atoms with Crippen molar-refractivity contribution in [1.29, 1.82) is 0 Å². The molecule has 4 N–H and O–H groups in total. The molecule has 0 aromatic heterocycles. The summed E-state index contributed by atoms with van der Waals surface area (Å²) in [5, 5.41) is 0. The van der Waals surface area contributed by atoms with E-state index in [0.717, 1.165) is 32.5 Å². The Hall–Kier alpha value is -2.79. The quantitative estimate of drug-likeness (QED) is 0.426. The zero-order chi connectivity index (χ0) is 20.0. The maximum atomic E-state index is 11.3. The van der Waals surface area contributed by atoms with Crippen LogP contribution < -0.4 is 11.5 Å². The van der Waals surface area contributed by atoms with Crippen molar-refractivity contribution < 1.29 is 9.53 Å². The molecule has 4 nitrogen and oxygen atoms in total. The van der Waals surface area contributed by atoms with Crippen LogP contribution in [0.5, 0.6) is 0 Å². The van der Waals surface area contributed by atoms with E-state index in [1.807, 2.05) is 62.4 Å². The highest BCUT2D eigenvalue weighted by Crippen LogP contribution is 2.26. The van der Waals surface area contributed by atoms with Gasteiger partial charge < -0.3 is 16.2 Å². The lowest BCUT2D eigenvalue weighted by atomic mass is 9.99. The topological polar surface area (TPSA) is 78.3 Å². The predicted molar refractivity (Wildman–Crippen MR) is 116 cm³/mol. The fraction of sp³-hybridized carbons (Fsp3) is 0.136. The number of benzene rings is 3. The van der Waals surface area contributed by atoms with Gasteiger partial charge in [-0.3, -0.25) is 0 Å². The molecule has 3 aromatic carbocycles. The van der Waals surface area contributed by atoms with E-state index in [9.17, 15) is 4.79 Å². The van der Waals surface area contributed by atoms with Gasteiger partial charge in [0.1, 0.15) is 0 Å². The van der Waals surface area contributed by atoms with E-state index in [-0.39, 0.29) is 5.97 Å². The number of esters is 1. The van der Waals surface area contributed by atoms with Gasteiger partial charge in [-0.1, -0.05) is 40.2 Å². The predicted octanol–water partition coefficient (Wildman–Crippen LogP) is 5.37. The molecule has 5 heteroatoms. The van der Waals surface area contributed by atoms with Crippen LogP contribution >= 0.6 is 15.9 Å². The number of anilines is 2. The summed E-state index contributed by atoms with van der Waals surface area (Å²) in [5.74, 6) is -0.328. The summed E-state index contributed by atoms with van der Waals surface area (Å²) in [7, 11) is 1.37. The van der Waals surface area contributed by atoms with Crippen molar-refractivity contribution in [2.45, 2.75) is 13.8 Å². The Labute approximate surface area is 168 Å². The third-order valence-corrected chi connectivity index (χ3v) is 4.93. The highest BCUT2D eigenvalue weighted by molar-refractivity contribution is 9.10. The SMILES string of the molecule is COC(=O)c1ccc(-c2cc(N)ccc2C)cc1.Cc1ccc(N)cc1Br. The van der Waals surface area contributed by atoms with Crippen molar-refractivity contribution >= 4 is 33.3 Å². The van der Waals surface area contributed by atoms with Crippen LogP contribution in [-0.2, 0) is 4.74 Å². The molecule has 0 heterocycles. The maximum Gasteiger partial charge on any atom is 0.337 e. The van der Waals surface area contributed by atoms with Crippen LogP contribution in [0.15, 0.2) is 65.1 Å². The minimum absolute atomic E-state index is 0.328. The molecule has 0 aliphatic carbocycles. The molecule has 0 saturated heterocycles. The van der Waals surface area contributed by atoms with E-state index >= 15 is 0 Å². The number of carbonyl (C=O) groups is 1. The number of halogens is 1. The number of nitrogen functional groups attached to an aromatic ring is 2. The molecule has 27 heavy (non-hydrogen) atoms. The molecule has 0 bridgehead atoms. The Morgan fingerprint density at radius 3 is 1.93 bits per heavy atom. The smallest absolute Gasteiger partial charge is 0.337 e. The van der Waals surface area contributed by atoms with E-state index in [0.29, 0.717) is 5.56 Å². The highest BCUT2D eigenvalue weighted by Gasteiger charge is 2.06. The zero-order valence-electron chi connectivity index (χ0n) is 15.6. The first-order chi connectivity index (χ1) is 12.8. The number of nitrogens with two attached hydrogens (primary N) is 2. The molecule has 0 unspecified atom stereocenters. The van der Waals surface area contributed by atoms with Gasteiger partial charge in [-0.05, 0) is 72.5 Å². The molecule has 0 aliphatic rings.